The molecule has 4 heteroatoms. The molecule has 3 rings (SSSR count). The van der Waals surface area contributed by atoms with Crippen molar-refractivity contribution in [3.8, 4) is 11.5 Å². The lowest BCUT2D eigenvalue weighted by Gasteiger charge is -2.01. The molecule has 2 heterocycles. The number of aryl methyl sites for hydroxylation is 2. The molecule has 0 N–H and O–H groups in total. The first-order chi connectivity index (χ1) is 8.42. The van der Waals surface area contributed by atoms with Gasteiger partial charge in [0, 0.05) is 18.6 Å². The molecular weight excluding hydrogens is 294 g/mol. The number of halogens is 1. The first kappa shape index (κ1) is 12.9. The number of aromatic nitrogens is 1. The highest BCUT2D eigenvalue weighted by Gasteiger charge is 2.13. The summed E-state index contributed by atoms with van der Waals surface area (Å²) < 4.78 is 12.8. The molecule has 0 atom stereocenters. The SMILES string of the molecule is [Br-].c1cc[n+](CCc2ccc3c(c2)OCO3)cc1. The van der Waals surface area contributed by atoms with E-state index in [0.29, 0.717) is 6.79 Å². The van der Waals surface area contributed by atoms with Crippen LogP contribution in [-0.2, 0) is 13.0 Å². The highest BCUT2D eigenvalue weighted by molar-refractivity contribution is 5.44. The molecule has 0 unspecified atom stereocenters. The summed E-state index contributed by atoms with van der Waals surface area (Å²) in [5.41, 5.74) is 1.27. The van der Waals surface area contributed by atoms with Crippen LogP contribution in [0, 0.1) is 0 Å². The second-order valence-electron chi connectivity index (χ2n) is 4.05. The fourth-order valence-corrected chi connectivity index (χ4v) is 1.94. The summed E-state index contributed by atoms with van der Waals surface area (Å²) >= 11 is 0. The molecule has 3 nitrogen and oxygen atoms in total. The smallest absolute Gasteiger partial charge is 0.231 e. The van der Waals surface area contributed by atoms with Crippen molar-refractivity contribution in [2.24, 2.45) is 0 Å². The summed E-state index contributed by atoms with van der Waals surface area (Å²) in [6.45, 7) is 1.31. The third-order valence-electron chi connectivity index (χ3n) is 2.87. The number of nitrogens with zero attached hydrogens (tertiary/aromatic N) is 1. The van der Waals surface area contributed by atoms with E-state index >= 15 is 0 Å². The number of hydrogen-bond donors (Lipinski definition) is 0. The maximum Gasteiger partial charge on any atom is 0.231 e. The predicted octanol–water partition coefficient (Wildman–Crippen LogP) is -1.05. The Morgan fingerprint density at radius 3 is 2.61 bits per heavy atom. The number of pyridine rings is 1. The predicted molar refractivity (Wildman–Crippen MR) is 62.9 cm³/mol. The Labute approximate surface area is 117 Å². The second kappa shape index (κ2) is 5.87. The number of fused-ring (bicyclic) bond motifs is 1. The quantitative estimate of drug-likeness (QED) is 0.675. The van der Waals surface area contributed by atoms with Crippen molar-refractivity contribution in [1.82, 2.24) is 0 Å². The molecule has 1 aliphatic rings. The van der Waals surface area contributed by atoms with Crippen LogP contribution < -0.4 is 31.0 Å². The lowest BCUT2D eigenvalue weighted by atomic mass is 10.1. The molecule has 0 radical (unpaired) electrons. The Morgan fingerprint density at radius 1 is 1.00 bits per heavy atom. The average Bonchev–Trinajstić information content (AvgIpc) is 2.85. The molecule has 94 valence electrons. The van der Waals surface area contributed by atoms with Crippen LogP contribution in [-0.4, -0.2) is 6.79 Å². The molecule has 0 amide bonds. The van der Waals surface area contributed by atoms with Gasteiger partial charge in [-0.2, -0.15) is 0 Å². The van der Waals surface area contributed by atoms with Crippen molar-refractivity contribution in [3.63, 3.8) is 0 Å². The van der Waals surface area contributed by atoms with Gasteiger partial charge in [-0.25, -0.2) is 4.57 Å². The maximum absolute atomic E-state index is 5.36. The van der Waals surface area contributed by atoms with E-state index in [1.165, 1.54) is 5.56 Å². The van der Waals surface area contributed by atoms with E-state index in [-0.39, 0.29) is 17.0 Å². The summed E-state index contributed by atoms with van der Waals surface area (Å²) in [6, 6.07) is 12.2. The van der Waals surface area contributed by atoms with E-state index in [4.69, 9.17) is 9.47 Å². The van der Waals surface area contributed by atoms with Gasteiger partial charge in [0.25, 0.3) is 0 Å². The topological polar surface area (TPSA) is 22.3 Å². The molecule has 0 aliphatic carbocycles. The van der Waals surface area contributed by atoms with Gasteiger partial charge in [-0.05, 0) is 17.7 Å². The molecule has 2 aromatic rings. The summed E-state index contributed by atoms with van der Waals surface area (Å²) in [4.78, 5) is 0. The highest BCUT2D eigenvalue weighted by Crippen LogP contribution is 2.32. The fraction of sp³-hybridized carbons (Fsp3) is 0.214. The van der Waals surface area contributed by atoms with Crippen molar-refractivity contribution in [3.05, 3.63) is 54.4 Å². The Kier molecular flexibility index (Phi) is 4.20. The molecule has 0 fully saturated rings. The number of rotatable bonds is 3. The third kappa shape index (κ3) is 2.82. The van der Waals surface area contributed by atoms with Gasteiger partial charge in [0.15, 0.2) is 30.4 Å². The van der Waals surface area contributed by atoms with Crippen LogP contribution in [0.15, 0.2) is 48.8 Å². The zero-order chi connectivity index (χ0) is 11.5. The van der Waals surface area contributed by atoms with E-state index in [2.05, 4.69) is 29.1 Å². The van der Waals surface area contributed by atoms with Gasteiger partial charge in [-0.1, -0.05) is 12.1 Å². The Bertz CT molecular complexity index is 516. The van der Waals surface area contributed by atoms with Gasteiger partial charge in [-0.3, -0.25) is 0 Å². The Balaban J connectivity index is 0.00000120. The van der Waals surface area contributed by atoms with Crippen LogP contribution in [0.2, 0.25) is 0 Å². The molecule has 0 saturated heterocycles. The Hall–Kier alpha value is -1.55. The first-order valence-corrected chi connectivity index (χ1v) is 5.74. The largest absolute Gasteiger partial charge is 1.00 e. The Morgan fingerprint density at radius 2 is 1.78 bits per heavy atom. The first-order valence-electron chi connectivity index (χ1n) is 5.74. The lowest BCUT2D eigenvalue weighted by molar-refractivity contribution is -0.696. The molecular formula is C14H14BrNO2. The van der Waals surface area contributed by atoms with Crippen molar-refractivity contribution in [1.29, 1.82) is 0 Å². The average molecular weight is 308 g/mol. The zero-order valence-electron chi connectivity index (χ0n) is 9.88. The van der Waals surface area contributed by atoms with Crippen LogP contribution in [0.1, 0.15) is 5.56 Å². The zero-order valence-corrected chi connectivity index (χ0v) is 11.5. The maximum atomic E-state index is 5.36. The van der Waals surface area contributed by atoms with Gasteiger partial charge in [0.2, 0.25) is 6.79 Å². The minimum absolute atomic E-state index is 0. The molecule has 0 spiro atoms. The van der Waals surface area contributed by atoms with Gasteiger partial charge in [0.1, 0.15) is 0 Å². The number of ether oxygens (including phenoxy) is 2. The third-order valence-corrected chi connectivity index (χ3v) is 2.87. The van der Waals surface area contributed by atoms with E-state index < -0.39 is 0 Å². The highest BCUT2D eigenvalue weighted by atomic mass is 79.9. The molecule has 1 aromatic carbocycles. The standard InChI is InChI=1S/C14H14NO2.BrH/c1-2-7-15(8-3-1)9-6-12-4-5-13-14(10-12)17-11-16-13;/h1-5,7-8,10H,6,9,11H2;1H/q+1;/p-1. The summed E-state index contributed by atoms with van der Waals surface area (Å²) in [7, 11) is 0. The molecule has 1 aromatic heterocycles. The van der Waals surface area contributed by atoms with Gasteiger partial charge >= 0.3 is 0 Å². The normalized spacial score (nSPS) is 12.0. The van der Waals surface area contributed by atoms with E-state index in [1.807, 2.05) is 24.3 Å². The second-order valence-corrected chi connectivity index (χ2v) is 4.05. The van der Waals surface area contributed by atoms with Crippen molar-refractivity contribution < 1.29 is 31.0 Å². The van der Waals surface area contributed by atoms with E-state index in [9.17, 15) is 0 Å². The monoisotopic (exact) mass is 307 g/mol. The summed E-state index contributed by atoms with van der Waals surface area (Å²) in [6.07, 6.45) is 5.14. The number of benzene rings is 1. The summed E-state index contributed by atoms with van der Waals surface area (Å²) in [5.74, 6) is 1.71. The van der Waals surface area contributed by atoms with E-state index in [1.54, 1.807) is 0 Å². The van der Waals surface area contributed by atoms with Crippen molar-refractivity contribution in [2.45, 2.75) is 13.0 Å². The van der Waals surface area contributed by atoms with Gasteiger partial charge in [-0.15, -0.1) is 0 Å². The number of hydrogen-bond acceptors (Lipinski definition) is 2. The molecule has 0 saturated carbocycles. The minimum Gasteiger partial charge on any atom is -1.00 e. The van der Waals surface area contributed by atoms with Gasteiger partial charge in [0.05, 0.1) is 0 Å². The minimum atomic E-state index is 0. The van der Waals surface area contributed by atoms with E-state index in [0.717, 1.165) is 24.5 Å². The van der Waals surface area contributed by atoms with Crippen LogP contribution >= 0.6 is 0 Å². The lowest BCUT2D eigenvalue weighted by Crippen LogP contribution is -3.00. The molecule has 0 bridgehead atoms. The molecule has 1 aliphatic heterocycles. The van der Waals surface area contributed by atoms with Crippen LogP contribution in [0.5, 0.6) is 11.5 Å². The van der Waals surface area contributed by atoms with Crippen LogP contribution in [0.4, 0.5) is 0 Å². The van der Waals surface area contributed by atoms with Crippen LogP contribution in [0.3, 0.4) is 0 Å². The summed E-state index contributed by atoms with van der Waals surface area (Å²) in [5, 5.41) is 0. The van der Waals surface area contributed by atoms with Crippen molar-refractivity contribution >= 4 is 0 Å². The molecule has 18 heavy (non-hydrogen) atoms. The van der Waals surface area contributed by atoms with Gasteiger partial charge < -0.3 is 26.5 Å². The fourth-order valence-electron chi connectivity index (χ4n) is 1.94. The van der Waals surface area contributed by atoms with Crippen LogP contribution in [0.25, 0.3) is 0 Å². The van der Waals surface area contributed by atoms with Crippen molar-refractivity contribution in [2.75, 3.05) is 6.79 Å².